The quantitative estimate of drug-likeness (QED) is 0.191. The highest BCUT2D eigenvalue weighted by Crippen LogP contribution is 2.59. The van der Waals surface area contributed by atoms with E-state index in [0.717, 1.165) is 28.9 Å². The van der Waals surface area contributed by atoms with Gasteiger partial charge >= 0.3 is 0 Å². The third kappa shape index (κ3) is 6.21. The Morgan fingerprint density at radius 1 is 0.844 bits per heavy atom. The van der Waals surface area contributed by atoms with E-state index < -0.39 is 11.8 Å². The number of carbonyl (C=O) groups excluding carboxylic acids is 3. The third-order valence-electron chi connectivity index (χ3n) is 10.2. The Kier molecular flexibility index (Phi) is 7.85. The number of rotatable bonds is 10. The summed E-state index contributed by atoms with van der Waals surface area (Å²) in [5.74, 6) is 0.309. The Hall–Kier alpha value is -4.53. The number of nitrogens with zero attached hydrogens (tertiary/aromatic N) is 1. The topological polar surface area (TPSA) is 116 Å². The van der Waals surface area contributed by atoms with Crippen LogP contribution >= 0.6 is 0 Å². The number of imidazole rings is 1. The zero-order valence-corrected chi connectivity index (χ0v) is 25.2. The molecule has 0 radical (unpaired) electrons. The molecule has 232 valence electrons. The lowest BCUT2D eigenvalue weighted by molar-refractivity contribution is -0.122. The Labute approximate surface area is 261 Å². The number of nitrogens with one attached hydrogen (secondary N) is 4. The summed E-state index contributed by atoms with van der Waals surface area (Å²) in [5.41, 5.74) is 3.42. The van der Waals surface area contributed by atoms with Crippen molar-refractivity contribution in [2.24, 2.45) is 23.2 Å². The minimum atomic E-state index is -0.682. The summed E-state index contributed by atoms with van der Waals surface area (Å²) in [5, 5.41) is 9.04. The van der Waals surface area contributed by atoms with Gasteiger partial charge in [0.25, 0.3) is 11.8 Å². The van der Waals surface area contributed by atoms with E-state index in [1.54, 1.807) is 30.6 Å². The predicted molar refractivity (Wildman–Crippen MR) is 169 cm³/mol. The number of fused-ring (bicyclic) bond motifs is 1. The molecule has 0 saturated heterocycles. The fourth-order valence-electron chi connectivity index (χ4n) is 8.48. The van der Waals surface area contributed by atoms with E-state index in [1.165, 1.54) is 50.7 Å². The minimum absolute atomic E-state index is 0.0189. The number of H-pyrrole nitrogens is 1. The van der Waals surface area contributed by atoms with Crippen LogP contribution in [-0.2, 0) is 11.3 Å². The maximum atomic E-state index is 13.7. The largest absolute Gasteiger partial charge is 0.351 e. The molecule has 4 bridgehead atoms. The number of aromatic amines is 1. The maximum absolute atomic E-state index is 13.7. The summed E-state index contributed by atoms with van der Waals surface area (Å²) >= 11 is 0. The van der Waals surface area contributed by atoms with Crippen LogP contribution in [0.1, 0.15) is 76.3 Å². The molecule has 4 aromatic rings. The van der Waals surface area contributed by atoms with Gasteiger partial charge in [-0.05, 0) is 97.1 Å². The zero-order chi connectivity index (χ0) is 31.0. The lowest BCUT2D eigenvalue weighted by Crippen LogP contribution is -2.51. The van der Waals surface area contributed by atoms with Crippen LogP contribution in [0.25, 0.3) is 11.0 Å². The van der Waals surface area contributed by atoms with Crippen molar-refractivity contribution in [3.8, 4) is 0 Å². The van der Waals surface area contributed by atoms with E-state index in [9.17, 15) is 18.8 Å². The summed E-state index contributed by atoms with van der Waals surface area (Å²) in [6.45, 7) is 0.868. The minimum Gasteiger partial charge on any atom is -0.351 e. The fraction of sp³-hybridized carbons (Fsp3) is 0.389. The lowest BCUT2D eigenvalue weighted by Gasteiger charge is -2.56. The molecule has 0 aliphatic heterocycles. The van der Waals surface area contributed by atoms with Crippen LogP contribution in [0, 0.1) is 29.0 Å². The van der Waals surface area contributed by atoms with E-state index in [0.29, 0.717) is 17.6 Å². The van der Waals surface area contributed by atoms with Crippen molar-refractivity contribution in [3.63, 3.8) is 0 Å². The van der Waals surface area contributed by atoms with Gasteiger partial charge < -0.3 is 20.9 Å². The van der Waals surface area contributed by atoms with Crippen LogP contribution in [-0.4, -0.2) is 40.8 Å². The van der Waals surface area contributed by atoms with Crippen LogP contribution in [0.4, 0.5) is 4.39 Å². The zero-order valence-electron chi connectivity index (χ0n) is 25.2. The predicted octanol–water partition coefficient (Wildman–Crippen LogP) is 5.48. The van der Waals surface area contributed by atoms with Crippen molar-refractivity contribution in [3.05, 3.63) is 101 Å². The van der Waals surface area contributed by atoms with E-state index in [1.807, 2.05) is 30.3 Å². The number of carbonyl (C=O) groups is 3. The highest BCUT2D eigenvalue weighted by atomic mass is 19.1. The summed E-state index contributed by atoms with van der Waals surface area (Å²) in [4.78, 5) is 48.2. The van der Waals surface area contributed by atoms with E-state index in [-0.39, 0.29) is 47.3 Å². The summed E-state index contributed by atoms with van der Waals surface area (Å²) in [6, 6.07) is 18.5. The normalized spacial score (nSPS) is 23.9. The van der Waals surface area contributed by atoms with Gasteiger partial charge in [0, 0.05) is 19.6 Å². The van der Waals surface area contributed by atoms with Gasteiger partial charge in [0.1, 0.15) is 5.82 Å². The number of amides is 3. The monoisotopic (exact) mass is 607 g/mol. The van der Waals surface area contributed by atoms with Gasteiger partial charge in [-0.1, -0.05) is 42.5 Å². The van der Waals surface area contributed by atoms with Gasteiger partial charge in [0.2, 0.25) is 5.91 Å². The first-order chi connectivity index (χ1) is 21.8. The van der Waals surface area contributed by atoms with Gasteiger partial charge in [0.05, 0.1) is 34.4 Å². The lowest BCUT2D eigenvalue weighted by atomic mass is 9.49. The molecule has 3 amide bonds. The summed E-state index contributed by atoms with van der Waals surface area (Å²) in [6.07, 6.45) is 9.08. The second-order valence-electron chi connectivity index (χ2n) is 13.4. The standard InChI is InChI=1S/C36H38FN5O3/c37-27-8-6-22(7-9-27)18-38-35(45)30(26-4-2-1-3-5-26)19-39-33(43)28-13-31-32(42-21-41-31)14-29(28)34(44)40-20-36-15-23-10-24(16-36)12-25(11-23)17-36/h1-9,13-14,21,23-25,30H,10-12,15-20H2,(H,38,45)(H,39,43)(H,40,44)(H,41,42). The van der Waals surface area contributed by atoms with Gasteiger partial charge in [0.15, 0.2) is 0 Å². The van der Waals surface area contributed by atoms with Crippen molar-refractivity contribution in [2.45, 2.75) is 51.0 Å². The molecule has 1 unspecified atom stereocenters. The second-order valence-corrected chi connectivity index (χ2v) is 13.4. The molecule has 45 heavy (non-hydrogen) atoms. The molecule has 1 atom stereocenters. The molecule has 9 heteroatoms. The van der Waals surface area contributed by atoms with E-state index in [4.69, 9.17) is 0 Å². The highest BCUT2D eigenvalue weighted by molar-refractivity contribution is 6.10. The molecule has 4 N–H and O–H groups in total. The molecule has 4 aliphatic rings. The Morgan fingerprint density at radius 3 is 2.18 bits per heavy atom. The van der Waals surface area contributed by atoms with Crippen LogP contribution in [0.15, 0.2) is 73.1 Å². The Morgan fingerprint density at radius 2 is 1.49 bits per heavy atom. The van der Waals surface area contributed by atoms with Crippen molar-refractivity contribution in [2.75, 3.05) is 13.1 Å². The Balaban J connectivity index is 1.07. The van der Waals surface area contributed by atoms with Gasteiger partial charge in [-0.15, -0.1) is 0 Å². The van der Waals surface area contributed by atoms with Crippen LogP contribution < -0.4 is 16.0 Å². The maximum Gasteiger partial charge on any atom is 0.252 e. The molecule has 4 fully saturated rings. The molecule has 3 aromatic carbocycles. The van der Waals surface area contributed by atoms with Crippen molar-refractivity contribution in [1.29, 1.82) is 0 Å². The summed E-state index contributed by atoms with van der Waals surface area (Å²) < 4.78 is 13.3. The number of hydrogen-bond donors (Lipinski definition) is 4. The number of hydrogen-bond acceptors (Lipinski definition) is 4. The number of halogens is 1. The SMILES string of the molecule is O=C(NCC(C(=O)NCc1ccc(F)cc1)c1ccccc1)c1cc2nc[nH]c2cc1C(=O)NCC12CC3CC(CC(C3)C1)C2. The average molecular weight is 608 g/mol. The average Bonchev–Trinajstić information content (AvgIpc) is 3.50. The molecule has 1 aromatic heterocycles. The van der Waals surface area contributed by atoms with Crippen molar-refractivity contribution < 1.29 is 18.8 Å². The number of benzene rings is 3. The van der Waals surface area contributed by atoms with Crippen LogP contribution in [0.2, 0.25) is 0 Å². The molecular formula is C36H38FN5O3. The Bertz CT molecular complexity index is 1680. The van der Waals surface area contributed by atoms with Crippen LogP contribution in [0.3, 0.4) is 0 Å². The van der Waals surface area contributed by atoms with E-state index >= 15 is 0 Å². The first kappa shape index (κ1) is 29.2. The molecule has 1 heterocycles. The fourth-order valence-corrected chi connectivity index (χ4v) is 8.48. The van der Waals surface area contributed by atoms with Crippen molar-refractivity contribution in [1.82, 2.24) is 25.9 Å². The highest BCUT2D eigenvalue weighted by Gasteiger charge is 2.50. The van der Waals surface area contributed by atoms with Crippen molar-refractivity contribution >= 4 is 28.8 Å². The van der Waals surface area contributed by atoms with Gasteiger partial charge in [-0.2, -0.15) is 0 Å². The smallest absolute Gasteiger partial charge is 0.252 e. The number of aromatic nitrogens is 2. The van der Waals surface area contributed by atoms with E-state index in [2.05, 4.69) is 25.9 Å². The van der Waals surface area contributed by atoms with Gasteiger partial charge in [-0.3, -0.25) is 14.4 Å². The first-order valence-corrected chi connectivity index (χ1v) is 15.9. The second kappa shape index (κ2) is 12.1. The summed E-state index contributed by atoms with van der Waals surface area (Å²) in [7, 11) is 0. The third-order valence-corrected chi connectivity index (χ3v) is 10.2. The molecule has 8 rings (SSSR count). The molecular weight excluding hydrogens is 569 g/mol. The molecule has 8 nitrogen and oxygen atoms in total. The molecule has 4 aliphatic carbocycles. The first-order valence-electron chi connectivity index (χ1n) is 15.9. The molecule has 0 spiro atoms. The molecule has 4 saturated carbocycles. The van der Waals surface area contributed by atoms with Crippen LogP contribution in [0.5, 0.6) is 0 Å². The van der Waals surface area contributed by atoms with Gasteiger partial charge in [-0.25, -0.2) is 9.37 Å².